The predicted molar refractivity (Wildman–Crippen MR) is 85.0 cm³/mol. The minimum absolute atomic E-state index is 0.0570. The average molecular weight is 337 g/mol. The van der Waals surface area contributed by atoms with Gasteiger partial charge in [-0.25, -0.2) is 0 Å². The molecule has 0 fully saturated rings. The highest BCUT2D eigenvalue weighted by Gasteiger charge is 2.22. The molecule has 1 N–H and O–H groups in total. The van der Waals surface area contributed by atoms with Gasteiger partial charge in [-0.2, -0.15) is 0 Å². The number of likely N-dealkylation sites (N-methyl/N-ethyl adjacent to an activating group) is 1. The van der Waals surface area contributed by atoms with Gasteiger partial charge in [-0.05, 0) is 38.4 Å². The number of amides is 1. The zero-order valence-corrected chi connectivity index (χ0v) is 13.6. The van der Waals surface area contributed by atoms with Gasteiger partial charge in [-0.3, -0.25) is 9.69 Å². The minimum atomic E-state index is -0.233. The van der Waals surface area contributed by atoms with E-state index in [1.807, 2.05) is 31.1 Å². The Hall–Kier alpha value is -2.18. The van der Waals surface area contributed by atoms with Crippen molar-refractivity contribution in [2.75, 3.05) is 27.4 Å². The monoisotopic (exact) mass is 336 g/mol. The molecule has 0 saturated carbocycles. The quantitative estimate of drug-likeness (QED) is 0.909. The molecule has 0 spiro atoms. The van der Waals surface area contributed by atoms with E-state index in [1.54, 1.807) is 18.4 Å². The number of rotatable bonds is 5. The van der Waals surface area contributed by atoms with Gasteiger partial charge < -0.3 is 19.2 Å². The molecule has 1 aromatic carbocycles. The van der Waals surface area contributed by atoms with Gasteiger partial charge in [0.15, 0.2) is 11.5 Å². The number of fused-ring (bicyclic) bond motifs is 1. The van der Waals surface area contributed by atoms with Gasteiger partial charge in [0.05, 0.1) is 17.3 Å². The zero-order chi connectivity index (χ0) is 16.4. The number of hydrogen-bond donors (Lipinski definition) is 1. The van der Waals surface area contributed by atoms with Crippen molar-refractivity contribution in [1.82, 2.24) is 10.2 Å². The molecule has 0 unspecified atom stereocenters. The van der Waals surface area contributed by atoms with E-state index in [-0.39, 0.29) is 18.7 Å². The van der Waals surface area contributed by atoms with E-state index in [1.165, 1.54) is 0 Å². The maximum atomic E-state index is 12.4. The molecule has 1 amide bonds. The van der Waals surface area contributed by atoms with Crippen LogP contribution in [0.2, 0.25) is 5.02 Å². The van der Waals surface area contributed by atoms with Crippen LogP contribution in [0.15, 0.2) is 34.9 Å². The number of furan rings is 1. The van der Waals surface area contributed by atoms with Crippen LogP contribution in [0.25, 0.3) is 0 Å². The summed E-state index contributed by atoms with van der Waals surface area (Å²) >= 11 is 6.11. The van der Waals surface area contributed by atoms with Crippen LogP contribution in [0.5, 0.6) is 11.5 Å². The molecule has 0 radical (unpaired) electrons. The SMILES string of the molecule is CN(C)[C@@H](CNC(=O)c1cc(Cl)c2c(c1)OCO2)c1ccco1. The normalized spacial score (nSPS) is 14.1. The molecule has 23 heavy (non-hydrogen) atoms. The molecule has 1 aromatic heterocycles. The Labute approximate surface area is 138 Å². The summed E-state index contributed by atoms with van der Waals surface area (Å²) in [6, 6.07) is 6.85. The Morgan fingerprint density at radius 1 is 1.39 bits per heavy atom. The molecule has 6 nitrogen and oxygen atoms in total. The summed E-state index contributed by atoms with van der Waals surface area (Å²) < 4.78 is 15.9. The summed E-state index contributed by atoms with van der Waals surface area (Å²) in [6.45, 7) is 0.521. The maximum Gasteiger partial charge on any atom is 0.251 e. The first-order chi connectivity index (χ1) is 11.1. The van der Waals surface area contributed by atoms with Gasteiger partial charge in [-0.1, -0.05) is 11.6 Å². The van der Waals surface area contributed by atoms with Crippen LogP contribution in [0.3, 0.4) is 0 Å². The lowest BCUT2D eigenvalue weighted by molar-refractivity contribution is 0.0938. The van der Waals surface area contributed by atoms with Gasteiger partial charge >= 0.3 is 0 Å². The maximum absolute atomic E-state index is 12.4. The highest BCUT2D eigenvalue weighted by Crippen LogP contribution is 2.39. The number of halogens is 1. The fraction of sp³-hybridized carbons (Fsp3) is 0.312. The second kappa shape index (κ2) is 6.52. The molecule has 0 bridgehead atoms. The largest absolute Gasteiger partial charge is 0.468 e. The minimum Gasteiger partial charge on any atom is -0.468 e. The number of nitrogens with zero attached hydrogens (tertiary/aromatic N) is 1. The van der Waals surface area contributed by atoms with Crippen molar-refractivity contribution < 1.29 is 18.7 Å². The summed E-state index contributed by atoms with van der Waals surface area (Å²) in [6.07, 6.45) is 1.62. The van der Waals surface area contributed by atoms with E-state index in [0.29, 0.717) is 28.6 Å². The van der Waals surface area contributed by atoms with E-state index < -0.39 is 0 Å². The van der Waals surface area contributed by atoms with Crippen molar-refractivity contribution in [3.63, 3.8) is 0 Å². The average Bonchev–Trinajstić information content (AvgIpc) is 3.17. The lowest BCUT2D eigenvalue weighted by atomic mass is 10.1. The predicted octanol–water partition coefficient (Wildman–Crippen LogP) is 2.69. The summed E-state index contributed by atoms with van der Waals surface area (Å²) in [4.78, 5) is 14.4. The van der Waals surface area contributed by atoms with Crippen LogP contribution in [0.1, 0.15) is 22.2 Å². The molecule has 122 valence electrons. The van der Waals surface area contributed by atoms with Crippen LogP contribution >= 0.6 is 11.6 Å². The Balaban J connectivity index is 1.71. The number of carbonyl (C=O) groups excluding carboxylic acids is 1. The zero-order valence-electron chi connectivity index (χ0n) is 12.8. The van der Waals surface area contributed by atoms with Gasteiger partial charge in [0.1, 0.15) is 5.76 Å². The Bertz CT molecular complexity index is 700. The molecule has 1 aliphatic rings. The number of ether oxygens (including phenoxy) is 2. The molecular formula is C16H17ClN2O4. The number of hydrogen-bond acceptors (Lipinski definition) is 5. The van der Waals surface area contributed by atoms with E-state index >= 15 is 0 Å². The summed E-state index contributed by atoms with van der Waals surface area (Å²) in [7, 11) is 3.85. The third-order valence-electron chi connectivity index (χ3n) is 3.64. The van der Waals surface area contributed by atoms with Crippen LogP contribution in [-0.2, 0) is 0 Å². The van der Waals surface area contributed by atoms with E-state index in [2.05, 4.69) is 5.32 Å². The van der Waals surface area contributed by atoms with Gasteiger partial charge in [-0.15, -0.1) is 0 Å². The molecule has 3 rings (SSSR count). The van der Waals surface area contributed by atoms with Crippen LogP contribution in [-0.4, -0.2) is 38.2 Å². The van der Waals surface area contributed by atoms with E-state index in [0.717, 1.165) is 5.76 Å². The second-order valence-electron chi connectivity index (χ2n) is 5.40. The smallest absolute Gasteiger partial charge is 0.251 e. The highest BCUT2D eigenvalue weighted by atomic mass is 35.5. The molecular weight excluding hydrogens is 320 g/mol. The second-order valence-corrected chi connectivity index (χ2v) is 5.80. The Morgan fingerprint density at radius 3 is 2.91 bits per heavy atom. The molecule has 2 aromatic rings. The fourth-order valence-corrected chi connectivity index (χ4v) is 2.67. The molecule has 1 atom stereocenters. The Kier molecular flexibility index (Phi) is 4.45. The lowest BCUT2D eigenvalue weighted by Crippen LogP contribution is -2.34. The van der Waals surface area contributed by atoms with Crippen molar-refractivity contribution >= 4 is 17.5 Å². The van der Waals surface area contributed by atoms with Crippen molar-refractivity contribution in [3.05, 3.63) is 46.9 Å². The van der Waals surface area contributed by atoms with Crippen LogP contribution in [0, 0.1) is 0 Å². The lowest BCUT2D eigenvalue weighted by Gasteiger charge is -2.22. The number of benzene rings is 1. The third-order valence-corrected chi connectivity index (χ3v) is 3.92. The highest BCUT2D eigenvalue weighted by molar-refractivity contribution is 6.32. The molecule has 1 aliphatic heterocycles. The third kappa shape index (κ3) is 3.28. The van der Waals surface area contributed by atoms with Crippen LogP contribution < -0.4 is 14.8 Å². The van der Waals surface area contributed by atoms with Gasteiger partial charge in [0.2, 0.25) is 6.79 Å². The molecule has 0 aliphatic carbocycles. The van der Waals surface area contributed by atoms with Crippen molar-refractivity contribution in [2.45, 2.75) is 6.04 Å². The number of carbonyl (C=O) groups is 1. The van der Waals surface area contributed by atoms with Crippen molar-refractivity contribution in [2.24, 2.45) is 0 Å². The topological polar surface area (TPSA) is 63.9 Å². The van der Waals surface area contributed by atoms with E-state index in [9.17, 15) is 4.79 Å². The van der Waals surface area contributed by atoms with Crippen LogP contribution in [0.4, 0.5) is 0 Å². The Morgan fingerprint density at radius 2 is 2.22 bits per heavy atom. The first-order valence-corrected chi connectivity index (χ1v) is 7.51. The fourth-order valence-electron chi connectivity index (χ4n) is 2.41. The standard InChI is InChI=1S/C16H17ClN2O4/c1-19(2)12(13-4-3-5-21-13)8-18-16(20)10-6-11(17)15-14(7-10)22-9-23-15/h3-7,12H,8-9H2,1-2H3,(H,18,20)/t12-/m0/s1. The first-order valence-electron chi connectivity index (χ1n) is 7.13. The van der Waals surface area contributed by atoms with Crippen molar-refractivity contribution in [1.29, 1.82) is 0 Å². The molecule has 7 heteroatoms. The summed E-state index contributed by atoms with van der Waals surface area (Å²) in [5.41, 5.74) is 0.427. The molecule has 2 heterocycles. The van der Waals surface area contributed by atoms with Crippen molar-refractivity contribution in [3.8, 4) is 11.5 Å². The number of nitrogens with one attached hydrogen (secondary N) is 1. The summed E-state index contributed by atoms with van der Waals surface area (Å²) in [5.74, 6) is 1.52. The van der Waals surface area contributed by atoms with Gasteiger partial charge in [0, 0.05) is 12.1 Å². The summed E-state index contributed by atoms with van der Waals surface area (Å²) in [5, 5.41) is 3.25. The van der Waals surface area contributed by atoms with E-state index in [4.69, 9.17) is 25.5 Å². The van der Waals surface area contributed by atoms with Gasteiger partial charge in [0.25, 0.3) is 5.91 Å². The first kappa shape index (κ1) is 15.7. The molecule has 0 saturated heterocycles.